The quantitative estimate of drug-likeness (QED) is 0.691. The van der Waals surface area contributed by atoms with Gasteiger partial charge in [-0.15, -0.1) is 0 Å². The number of carbonyl (C=O) groups excluding carboxylic acids is 2. The van der Waals surface area contributed by atoms with E-state index < -0.39 is 0 Å². The minimum Gasteiger partial charge on any atom is -0.497 e. The second-order valence-electron chi connectivity index (χ2n) is 7.21. The largest absolute Gasteiger partial charge is 0.497 e. The summed E-state index contributed by atoms with van der Waals surface area (Å²) in [6.45, 7) is 0.524. The first-order valence-electron chi connectivity index (χ1n) is 9.58. The molecule has 1 aliphatic rings. The predicted octanol–water partition coefficient (Wildman–Crippen LogP) is 4.20. The number of hydrogen-bond acceptors (Lipinski definition) is 3. The van der Waals surface area contributed by atoms with Gasteiger partial charge in [0.1, 0.15) is 5.75 Å². The Morgan fingerprint density at radius 3 is 2.37 bits per heavy atom. The Bertz CT molecular complexity index is 811. The highest BCUT2D eigenvalue weighted by atomic mass is 16.5. The molecule has 0 unspecified atom stereocenters. The van der Waals surface area contributed by atoms with E-state index in [0.29, 0.717) is 6.54 Å². The van der Waals surface area contributed by atoms with Gasteiger partial charge in [0, 0.05) is 32.0 Å². The van der Waals surface area contributed by atoms with Crippen molar-refractivity contribution in [2.24, 2.45) is 0 Å². The fourth-order valence-electron chi connectivity index (χ4n) is 3.56. The van der Waals surface area contributed by atoms with Gasteiger partial charge >= 0.3 is 0 Å². The first kappa shape index (κ1) is 19.2. The predicted molar refractivity (Wildman–Crippen MR) is 106 cm³/mol. The fourth-order valence-corrected chi connectivity index (χ4v) is 3.56. The van der Waals surface area contributed by atoms with E-state index in [-0.39, 0.29) is 24.5 Å². The summed E-state index contributed by atoms with van der Waals surface area (Å²) in [4.78, 5) is 26.6. The summed E-state index contributed by atoms with van der Waals surface area (Å²) in [5.74, 6) is 0.829. The number of ether oxygens (including phenoxy) is 1. The Kier molecular flexibility index (Phi) is 6.28. The Morgan fingerprint density at radius 1 is 0.963 bits per heavy atom. The summed E-state index contributed by atoms with van der Waals surface area (Å²) in [6, 6.07) is 13.7. The molecule has 0 spiro atoms. The second kappa shape index (κ2) is 8.85. The Morgan fingerprint density at radius 2 is 1.67 bits per heavy atom. The van der Waals surface area contributed by atoms with Crippen LogP contribution in [0.25, 0.3) is 0 Å². The molecule has 27 heavy (non-hydrogen) atoms. The third-order valence-electron chi connectivity index (χ3n) is 5.24. The number of amides is 1. The highest BCUT2D eigenvalue weighted by Crippen LogP contribution is 2.23. The summed E-state index contributed by atoms with van der Waals surface area (Å²) in [6.07, 6.45) is 5.08. The third kappa shape index (κ3) is 4.97. The maximum Gasteiger partial charge on any atom is 0.223 e. The van der Waals surface area contributed by atoms with Gasteiger partial charge in [0.2, 0.25) is 5.91 Å². The van der Waals surface area contributed by atoms with Crippen LogP contribution in [0, 0.1) is 0 Å². The number of ketones is 1. The smallest absolute Gasteiger partial charge is 0.223 e. The average molecular weight is 365 g/mol. The monoisotopic (exact) mass is 365 g/mol. The van der Waals surface area contributed by atoms with Crippen LogP contribution in [0.15, 0.2) is 42.5 Å². The van der Waals surface area contributed by atoms with Crippen LogP contribution in [0.1, 0.15) is 52.7 Å². The number of nitrogens with zero attached hydrogens (tertiary/aromatic N) is 1. The van der Waals surface area contributed by atoms with E-state index in [1.54, 1.807) is 19.1 Å². The first-order valence-corrected chi connectivity index (χ1v) is 9.58. The standard InChI is InChI=1S/C23H27NO3/c1-24(16-17-7-11-21(27-2)12-8-17)23(26)14-13-22(25)20-10-9-18-5-3-4-6-19(18)15-20/h7-12,15H,3-6,13-14,16H2,1-2H3. The first-order chi connectivity index (χ1) is 13.1. The summed E-state index contributed by atoms with van der Waals surface area (Å²) in [5.41, 5.74) is 4.44. The molecule has 3 rings (SSSR count). The molecular formula is C23H27NO3. The molecule has 1 amide bonds. The molecule has 4 nitrogen and oxygen atoms in total. The minimum atomic E-state index is -0.0165. The van der Waals surface area contributed by atoms with Crippen molar-refractivity contribution in [3.8, 4) is 5.75 Å². The third-order valence-corrected chi connectivity index (χ3v) is 5.24. The Balaban J connectivity index is 1.52. The molecule has 0 heterocycles. The zero-order valence-corrected chi connectivity index (χ0v) is 16.2. The molecule has 142 valence electrons. The molecule has 0 aliphatic heterocycles. The van der Waals surface area contributed by atoms with Crippen LogP contribution in [0.2, 0.25) is 0 Å². The summed E-state index contributed by atoms with van der Waals surface area (Å²) in [7, 11) is 3.40. The molecule has 0 saturated carbocycles. The van der Waals surface area contributed by atoms with E-state index in [2.05, 4.69) is 6.07 Å². The molecule has 0 radical (unpaired) electrons. The number of fused-ring (bicyclic) bond motifs is 1. The lowest BCUT2D eigenvalue weighted by atomic mass is 9.89. The van der Waals surface area contributed by atoms with E-state index in [4.69, 9.17) is 4.74 Å². The number of methoxy groups -OCH3 is 1. The maximum absolute atomic E-state index is 12.5. The van der Waals surface area contributed by atoms with Crippen LogP contribution >= 0.6 is 0 Å². The van der Waals surface area contributed by atoms with Crippen molar-refractivity contribution in [2.45, 2.75) is 45.1 Å². The zero-order chi connectivity index (χ0) is 19.2. The van der Waals surface area contributed by atoms with Crippen LogP contribution in [-0.4, -0.2) is 30.7 Å². The van der Waals surface area contributed by atoms with Crippen molar-refractivity contribution in [3.63, 3.8) is 0 Å². The van der Waals surface area contributed by atoms with Crippen LogP contribution in [-0.2, 0) is 24.2 Å². The van der Waals surface area contributed by atoms with Crippen molar-refractivity contribution >= 4 is 11.7 Å². The molecule has 0 bridgehead atoms. The van der Waals surface area contributed by atoms with Crippen LogP contribution in [0.5, 0.6) is 5.75 Å². The molecule has 0 fully saturated rings. The van der Waals surface area contributed by atoms with E-state index >= 15 is 0 Å². The number of benzene rings is 2. The van der Waals surface area contributed by atoms with Crippen molar-refractivity contribution in [1.29, 1.82) is 0 Å². The molecule has 0 aromatic heterocycles. The van der Waals surface area contributed by atoms with Gasteiger partial charge in [0.25, 0.3) is 0 Å². The average Bonchev–Trinajstić information content (AvgIpc) is 2.71. The highest BCUT2D eigenvalue weighted by Gasteiger charge is 2.16. The van der Waals surface area contributed by atoms with Crippen molar-refractivity contribution < 1.29 is 14.3 Å². The fraction of sp³-hybridized carbons (Fsp3) is 0.391. The lowest BCUT2D eigenvalue weighted by molar-refractivity contribution is -0.130. The van der Waals surface area contributed by atoms with Crippen LogP contribution in [0.3, 0.4) is 0 Å². The number of hydrogen-bond donors (Lipinski definition) is 0. The van der Waals surface area contributed by atoms with Gasteiger partial charge in [-0.05, 0) is 60.6 Å². The van der Waals surface area contributed by atoms with Gasteiger partial charge in [-0.3, -0.25) is 9.59 Å². The van der Waals surface area contributed by atoms with Gasteiger partial charge in [-0.2, -0.15) is 0 Å². The zero-order valence-electron chi connectivity index (χ0n) is 16.2. The van der Waals surface area contributed by atoms with Gasteiger partial charge in [-0.25, -0.2) is 0 Å². The van der Waals surface area contributed by atoms with Crippen LogP contribution in [0.4, 0.5) is 0 Å². The van der Waals surface area contributed by atoms with Crippen molar-refractivity contribution in [2.75, 3.05) is 14.2 Å². The van der Waals surface area contributed by atoms with Gasteiger partial charge < -0.3 is 9.64 Å². The van der Waals surface area contributed by atoms with Crippen molar-refractivity contribution in [1.82, 2.24) is 4.90 Å². The van der Waals surface area contributed by atoms with Gasteiger partial charge in [-0.1, -0.05) is 24.3 Å². The van der Waals surface area contributed by atoms with Crippen molar-refractivity contribution in [3.05, 3.63) is 64.7 Å². The molecule has 0 atom stereocenters. The lowest BCUT2D eigenvalue weighted by Gasteiger charge is -2.18. The van der Waals surface area contributed by atoms with E-state index in [1.807, 2.05) is 36.4 Å². The number of Topliss-reactive ketones (excluding diaryl/α,β-unsaturated/α-hetero) is 1. The molecule has 0 saturated heterocycles. The SMILES string of the molecule is COc1ccc(CN(C)C(=O)CCC(=O)c2ccc3c(c2)CCCC3)cc1. The van der Waals surface area contributed by atoms with Gasteiger partial charge in [0.15, 0.2) is 5.78 Å². The van der Waals surface area contributed by atoms with E-state index in [0.717, 1.165) is 29.7 Å². The number of carbonyl (C=O) groups is 2. The maximum atomic E-state index is 12.5. The van der Waals surface area contributed by atoms with E-state index in [1.165, 1.54) is 24.0 Å². The summed E-state index contributed by atoms with van der Waals surface area (Å²) < 4.78 is 5.15. The number of aryl methyl sites for hydroxylation is 2. The highest BCUT2D eigenvalue weighted by molar-refractivity contribution is 5.98. The second-order valence-corrected chi connectivity index (χ2v) is 7.21. The summed E-state index contributed by atoms with van der Waals surface area (Å²) in [5, 5.41) is 0. The lowest BCUT2D eigenvalue weighted by Crippen LogP contribution is -2.26. The molecule has 0 N–H and O–H groups in total. The minimum absolute atomic E-state index is 0.0165. The van der Waals surface area contributed by atoms with E-state index in [9.17, 15) is 9.59 Å². The normalized spacial score (nSPS) is 13.0. The summed E-state index contributed by atoms with van der Waals surface area (Å²) >= 11 is 0. The molecule has 2 aromatic rings. The Labute approximate surface area is 161 Å². The molecule has 1 aliphatic carbocycles. The van der Waals surface area contributed by atoms with Gasteiger partial charge in [0.05, 0.1) is 7.11 Å². The molecule has 2 aromatic carbocycles. The van der Waals surface area contributed by atoms with Crippen LogP contribution < -0.4 is 4.74 Å². The topological polar surface area (TPSA) is 46.6 Å². The number of rotatable bonds is 7. The Hall–Kier alpha value is -2.62. The molecule has 4 heteroatoms. The molecular weight excluding hydrogens is 338 g/mol.